The SMILES string of the molecule is O=S(=O)(c1nc2n(n1)[C@H](c1ccccc1)C[C@@H]2F)C1CCOC1. The Morgan fingerprint density at radius 1 is 1.26 bits per heavy atom. The molecule has 2 aliphatic heterocycles. The smallest absolute Gasteiger partial charge is 0.267 e. The Balaban J connectivity index is 1.73. The number of hydrogen-bond donors (Lipinski definition) is 0. The maximum Gasteiger partial charge on any atom is 0.267 e. The fraction of sp³-hybridized carbons (Fsp3) is 0.467. The van der Waals surface area contributed by atoms with E-state index < -0.39 is 21.3 Å². The number of aromatic nitrogens is 3. The molecule has 0 aliphatic carbocycles. The van der Waals surface area contributed by atoms with Crippen LogP contribution in [0.4, 0.5) is 4.39 Å². The lowest BCUT2D eigenvalue weighted by atomic mass is 10.0. The standard InChI is InChI=1S/C15H16FN3O3S/c16-12-8-13(10-4-2-1-3-5-10)19-14(12)17-15(18-19)23(20,21)11-6-7-22-9-11/h1-5,11-13H,6-9H2/t11?,12-,13-/m0/s1. The number of ether oxygens (including phenoxy) is 1. The van der Waals surface area contributed by atoms with Crippen molar-refractivity contribution < 1.29 is 17.5 Å². The second-order valence-electron chi connectivity index (χ2n) is 5.86. The maximum absolute atomic E-state index is 14.3. The van der Waals surface area contributed by atoms with E-state index in [4.69, 9.17) is 4.74 Å². The van der Waals surface area contributed by atoms with Crippen LogP contribution in [-0.4, -0.2) is 41.6 Å². The zero-order chi connectivity index (χ0) is 16.0. The van der Waals surface area contributed by atoms with E-state index in [1.54, 1.807) is 0 Å². The van der Waals surface area contributed by atoms with Crippen molar-refractivity contribution in [1.82, 2.24) is 14.8 Å². The van der Waals surface area contributed by atoms with Gasteiger partial charge in [0.1, 0.15) is 0 Å². The summed E-state index contributed by atoms with van der Waals surface area (Å²) in [7, 11) is -3.68. The second kappa shape index (κ2) is 5.38. The van der Waals surface area contributed by atoms with Crippen molar-refractivity contribution in [3.05, 3.63) is 41.7 Å². The highest BCUT2D eigenvalue weighted by Gasteiger charge is 2.40. The third kappa shape index (κ3) is 2.36. The number of alkyl halides is 1. The summed E-state index contributed by atoms with van der Waals surface area (Å²) >= 11 is 0. The van der Waals surface area contributed by atoms with Gasteiger partial charge in [0.05, 0.1) is 17.9 Å². The van der Waals surface area contributed by atoms with E-state index in [9.17, 15) is 12.8 Å². The van der Waals surface area contributed by atoms with E-state index >= 15 is 0 Å². The molecule has 4 rings (SSSR count). The minimum Gasteiger partial charge on any atom is -0.380 e. The normalized spacial score (nSPS) is 27.3. The van der Waals surface area contributed by atoms with Gasteiger partial charge in [-0.3, -0.25) is 0 Å². The highest BCUT2D eigenvalue weighted by Crippen LogP contribution is 2.40. The Morgan fingerprint density at radius 2 is 2.04 bits per heavy atom. The van der Waals surface area contributed by atoms with Gasteiger partial charge in [-0.25, -0.2) is 17.5 Å². The van der Waals surface area contributed by atoms with Crippen LogP contribution in [0.15, 0.2) is 35.5 Å². The molecule has 122 valence electrons. The average molecular weight is 337 g/mol. The Bertz CT molecular complexity index is 816. The van der Waals surface area contributed by atoms with Crippen LogP contribution in [0.5, 0.6) is 0 Å². The van der Waals surface area contributed by atoms with E-state index in [2.05, 4.69) is 10.1 Å². The van der Waals surface area contributed by atoms with Crippen LogP contribution in [0.25, 0.3) is 0 Å². The molecule has 3 heterocycles. The summed E-state index contributed by atoms with van der Waals surface area (Å²) in [5, 5.41) is 3.21. The van der Waals surface area contributed by atoms with Crippen LogP contribution >= 0.6 is 0 Å². The molecule has 3 atom stereocenters. The van der Waals surface area contributed by atoms with Gasteiger partial charge in [-0.2, -0.15) is 4.98 Å². The Morgan fingerprint density at radius 3 is 2.74 bits per heavy atom. The van der Waals surface area contributed by atoms with Crippen LogP contribution in [0.2, 0.25) is 0 Å². The molecule has 8 heteroatoms. The summed E-state index contributed by atoms with van der Waals surface area (Å²) in [6.45, 7) is 0.559. The Labute approximate surface area is 133 Å². The molecule has 0 saturated carbocycles. The zero-order valence-corrected chi connectivity index (χ0v) is 13.1. The summed E-state index contributed by atoms with van der Waals surface area (Å²) in [6, 6.07) is 9.05. The highest BCUT2D eigenvalue weighted by atomic mass is 32.2. The number of rotatable bonds is 3. The molecule has 2 aliphatic rings. The first-order chi connectivity index (χ1) is 11.1. The van der Waals surface area contributed by atoms with Crippen molar-refractivity contribution in [3.63, 3.8) is 0 Å². The number of halogens is 1. The van der Waals surface area contributed by atoms with Crippen molar-refractivity contribution in [2.24, 2.45) is 0 Å². The molecular formula is C15H16FN3O3S. The molecule has 0 radical (unpaired) electrons. The van der Waals surface area contributed by atoms with Gasteiger partial charge in [-0.1, -0.05) is 30.3 Å². The summed E-state index contributed by atoms with van der Waals surface area (Å²) in [5.74, 6) is 0.0938. The van der Waals surface area contributed by atoms with Gasteiger partial charge in [0, 0.05) is 13.0 Å². The Kier molecular flexibility index (Phi) is 3.46. The molecule has 6 nitrogen and oxygen atoms in total. The summed E-state index contributed by atoms with van der Waals surface area (Å²) in [6.07, 6.45) is -0.656. The molecule has 1 aromatic heterocycles. The number of hydrogen-bond acceptors (Lipinski definition) is 5. The summed E-state index contributed by atoms with van der Waals surface area (Å²) in [4.78, 5) is 4.00. The second-order valence-corrected chi connectivity index (χ2v) is 7.98. The lowest BCUT2D eigenvalue weighted by Gasteiger charge is -2.11. The van der Waals surface area contributed by atoms with E-state index in [0.717, 1.165) is 5.56 Å². The van der Waals surface area contributed by atoms with Crippen LogP contribution in [0.3, 0.4) is 0 Å². The molecule has 0 spiro atoms. The average Bonchev–Trinajstić information content (AvgIpc) is 3.26. The van der Waals surface area contributed by atoms with Crippen molar-refractivity contribution in [1.29, 1.82) is 0 Å². The predicted molar refractivity (Wildman–Crippen MR) is 79.5 cm³/mol. The van der Waals surface area contributed by atoms with Gasteiger partial charge in [0.25, 0.3) is 5.16 Å². The van der Waals surface area contributed by atoms with Crippen LogP contribution in [0.1, 0.15) is 36.4 Å². The van der Waals surface area contributed by atoms with Crippen LogP contribution in [-0.2, 0) is 14.6 Å². The summed E-state index contributed by atoms with van der Waals surface area (Å²) < 4.78 is 45.9. The van der Waals surface area contributed by atoms with Gasteiger partial charge in [-0.05, 0) is 12.0 Å². The molecule has 1 saturated heterocycles. The Hall–Kier alpha value is -1.80. The number of nitrogens with zero attached hydrogens (tertiary/aromatic N) is 3. The largest absolute Gasteiger partial charge is 0.380 e. The first-order valence-electron chi connectivity index (χ1n) is 7.54. The van der Waals surface area contributed by atoms with E-state index in [1.165, 1.54) is 4.68 Å². The lowest BCUT2D eigenvalue weighted by molar-refractivity contribution is 0.198. The van der Waals surface area contributed by atoms with E-state index in [1.807, 2.05) is 30.3 Å². The maximum atomic E-state index is 14.3. The molecule has 1 unspecified atom stereocenters. The van der Waals surface area contributed by atoms with Crippen molar-refractivity contribution in [2.75, 3.05) is 13.2 Å². The number of benzene rings is 1. The number of fused-ring (bicyclic) bond motifs is 1. The minimum absolute atomic E-state index is 0.0938. The fourth-order valence-corrected chi connectivity index (χ4v) is 4.54. The highest BCUT2D eigenvalue weighted by molar-refractivity contribution is 7.91. The van der Waals surface area contributed by atoms with Crippen LogP contribution in [0, 0.1) is 0 Å². The monoisotopic (exact) mass is 337 g/mol. The van der Waals surface area contributed by atoms with Crippen molar-refractivity contribution >= 4 is 9.84 Å². The minimum atomic E-state index is -3.68. The van der Waals surface area contributed by atoms with Gasteiger partial charge in [0.2, 0.25) is 9.84 Å². The molecule has 2 aromatic rings. The zero-order valence-electron chi connectivity index (χ0n) is 12.3. The van der Waals surface area contributed by atoms with Crippen molar-refractivity contribution in [2.45, 2.75) is 35.5 Å². The van der Waals surface area contributed by atoms with E-state index in [0.29, 0.717) is 13.0 Å². The van der Waals surface area contributed by atoms with E-state index in [-0.39, 0.29) is 30.1 Å². The molecule has 0 N–H and O–H groups in total. The van der Waals surface area contributed by atoms with Gasteiger partial charge in [-0.15, -0.1) is 5.10 Å². The quantitative estimate of drug-likeness (QED) is 0.854. The molecule has 0 bridgehead atoms. The molecule has 23 heavy (non-hydrogen) atoms. The fourth-order valence-electron chi connectivity index (χ4n) is 3.14. The predicted octanol–water partition coefficient (Wildman–Crippen LogP) is 1.84. The number of sulfone groups is 1. The third-order valence-corrected chi connectivity index (χ3v) is 6.34. The van der Waals surface area contributed by atoms with Gasteiger partial charge < -0.3 is 4.74 Å². The van der Waals surface area contributed by atoms with Gasteiger partial charge in [0.15, 0.2) is 12.0 Å². The molecular weight excluding hydrogens is 321 g/mol. The third-order valence-electron chi connectivity index (χ3n) is 4.41. The molecule has 0 amide bonds. The van der Waals surface area contributed by atoms with Crippen LogP contribution < -0.4 is 0 Å². The molecule has 1 aromatic carbocycles. The van der Waals surface area contributed by atoms with Gasteiger partial charge >= 0.3 is 0 Å². The first-order valence-corrected chi connectivity index (χ1v) is 9.09. The summed E-state index contributed by atoms with van der Waals surface area (Å²) in [5.41, 5.74) is 0.895. The first kappa shape index (κ1) is 14.8. The van der Waals surface area contributed by atoms with Crippen molar-refractivity contribution in [3.8, 4) is 0 Å². The molecule has 1 fully saturated rings. The lowest BCUT2D eigenvalue weighted by Crippen LogP contribution is -2.23. The topological polar surface area (TPSA) is 74.1 Å².